The highest BCUT2D eigenvalue weighted by molar-refractivity contribution is 5.42. The lowest BCUT2D eigenvalue weighted by Crippen LogP contribution is -2.12. The molecule has 0 spiro atoms. The number of ether oxygens (including phenoxy) is 2. The van der Waals surface area contributed by atoms with Crippen LogP contribution in [0.5, 0.6) is 11.5 Å². The van der Waals surface area contributed by atoms with Crippen LogP contribution in [0.25, 0.3) is 0 Å². The van der Waals surface area contributed by atoms with Crippen molar-refractivity contribution in [1.82, 2.24) is 5.32 Å². The van der Waals surface area contributed by atoms with Crippen molar-refractivity contribution in [2.75, 3.05) is 26.9 Å². The maximum Gasteiger partial charge on any atom is 0.161 e. The Bertz CT molecular complexity index is 328. The molecule has 2 N–H and O–H groups in total. The summed E-state index contributed by atoms with van der Waals surface area (Å²) in [6, 6.07) is 5.89. The zero-order valence-corrected chi connectivity index (χ0v) is 10.5. The zero-order chi connectivity index (χ0) is 12.5. The third-order valence-corrected chi connectivity index (χ3v) is 2.37. The molecule has 0 amide bonds. The first kappa shape index (κ1) is 13.8. The van der Waals surface area contributed by atoms with Crippen molar-refractivity contribution in [3.05, 3.63) is 23.8 Å². The summed E-state index contributed by atoms with van der Waals surface area (Å²) < 4.78 is 10.8. The summed E-state index contributed by atoms with van der Waals surface area (Å²) in [7, 11) is 1.62. The lowest BCUT2D eigenvalue weighted by molar-refractivity contribution is 0.228. The summed E-state index contributed by atoms with van der Waals surface area (Å²) in [5, 5.41) is 12.0. The first-order chi connectivity index (χ1) is 8.31. The Hall–Kier alpha value is -1.26. The lowest BCUT2D eigenvalue weighted by Gasteiger charge is -2.12. The molecule has 0 aliphatic carbocycles. The number of aliphatic hydroxyl groups is 1. The minimum absolute atomic E-state index is 0.138. The topological polar surface area (TPSA) is 50.7 Å². The molecule has 0 atom stereocenters. The average molecular weight is 239 g/mol. The highest BCUT2D eigenvalue weighted by Crippen LogP contribution is 2.28. The molecule has 4 heteroatoms. The van der Waals surface area contributed by atoms with Crippen LogP contribution in [0.2, 0.25) is 0 Å². The van der Waals surface area contributed by atoms with Gasteiger partial charge in [-0.3, -0.25) is 0 Å². The summed E-state index contributed by atoms with van der Waals surface area (Å²) in [6.45, 7) is 4.46. The van der Waals surface area contributed by atoms with Gasteiger partial charge in [0.05, 0.1) is 13.7 Å². The molecule has 1 rings (SSSR count). The second-order valence-electron chi connectivity index (χ2n) is 3.69. The monoisotopic (exact) mass is 239 g/mol. The number of rotatable bonds is 8. The van der Waals surface area contributed by atoms with Gasteiger partial charge in [-0.25, -0.2) is 0 Å². The minimum Gasteiger partial charge on any atom is -0.493 e. The zero-order valence-electron chi connectivity index (χ0n) is 10.5. The molecule has 1 aromatic carbocycles. The van der Waals surface area contributed by atoms with Crippen molar-refractivity contribution in [3.8, 4) is 11.5 Å². The predicted molar refractivity (Wildman–Crippen MR) is 67.6 cm³/mol. The molecular formula is C13H21NO3. The van der Waals surface area contributed by atoms with Crippen LogP contribution in [0.15, 0.2) is 18.2 Å². The molecule has 4 nitrogen and oxygen atoms in total. The molecule has 96 valence electrons. The average Bonchev–Trinajstić information content (AvgIpc) is 2.37. The number of hydrogen-bond acceptors (Lipinski definition) is 4. The van der Waals surface area contributed by atoms with E-state index in [9.17, 15) is 0 Å². The second-order valence-corrected chi connectivity index (χ2v) is 3.69. The van der Waals surface area contributed by atoms with E-state index in [1.807, 2.05) is 18.2 Å². The van der Waals surface area contributed by atoms with E-state index < -0.39 is 0 Å². The summed E-state index contributed by atoms with van der Waals surface area (Å²) in [5.74, 6) is 1.46. The van der Waals surface area contributed by atoms with Gasteiger partial charge in [0.15, 0.2) is 11.5 Å². The Balaban J connectivity index is 2.68. The number of methoxy groups -OCH3 is 1. The third-order valence-electron chi connectivity index (χ3n) is 2.37. The van der Waals surface area contributed by atoms with Crippen LogP contribution in [0, 0.1) is 0 Å². The van der Waals surface area contributed by atoms with Crippen LogP contribution in [-0.4, -0.2) is 32.0 Å². The molecule has 0 radical (unpaired) electrons. The van der Waals surface area contributed by atoms with Gasteiger partial charge in [-0.2, -0.15) is 0 Å². The minimum atomic E-state index is 0.138. The summed E-state index contributed by atoms with van der Waals surface area (Å²) in [5.41, 5.74) is 1.16. The lowest BCUT2D eigenvalue weighted by atomic mass is 10.2. The van der Waals surface area contributed by atoms with Gasteiger partial charge in [-0.15, -0.1) is 0 Å². The molecule has 0 saturated heterocycles. The van der Waals surface area contributed by atoms with Gasteiger partial charge in [-0.1, -0.05) is 13.0 Å². The third kappa shape index (κ3) is 4.63. The van der Waals surface area contributed by atoms with E-state index in [1.54, 1.807) is 7.11 Å². The number of nitrogens with one attached hydrogen (secondary N) is 1. The van der Waals surface area contributed by atoms with Crippen molar-refractivity contribution in [1.29, 1.82) is 0 Å². The number of hydrogen-bond donors (Lipinski definition) is 2. The standard InChI is InChI=1S/C13H21NO3/c1-3-14-10-11-5-6-12(16-2)13(9-11)17-8-4-7-15/h5-6,9,14-15H,3-4,7-8,10H2,1-2H3. The molecule has 17 heavy (non-hydrogen) atoms. The van der Waals surface area contributed by atoms with Gasteiger partial charge < -0.3 is 19.9 Å². The van der Waals surface area contributed by atoms with Crippen LogP contribution in [0.3, 0.4) is 0 Å². The summed E-state index contributed by atoms with van der Waals surface area (Å²) >= 11 is 0. The summed E-state index contributed by atoms with van der Waals surface area (Å²) in [4.78, 5) is 0. The van der Waals surface area contributed by atoms with E-state index in [1.165, 1.54) is 0 Å². The Morgan fingerprint density at radius 2 is 2.12 bits per heavy atom. The van der Waals surface area contributed by atoms with Crippen molar-refractivity contribution in [2.24, 2.45) is 0 Å². The molecule has 0 fully saturated rings. The highest BCUT2D eigenvalue weighted by atomic mass is 16.5. The Labute approximate surface area is 103 Å². The van der Waals surface area contributed by atoms with Gasteiger partial charge in [0.25, 0.3) is 0 Å². The van der Waals surface area contributed by atoms with Crippen molar-refractivity contribution in [2.45, 2.75) is 19.9 Å². The second kappa shape index (κ2) is 7.92. The SMILES string of the molecule is CCNCc1ccc(OC)c(OCCCO)c1. The molecule has 0 unspecified atom stereocenters. The van der Waals surface area contributed by atoms with Crippen molar-refractivity contribution >= 4 is 0 Å². The maximum atomic E-state index is 8.72. The maximum absolute atomic E-state index is 8.72. The van der Waals surface area contributed by atoms with Crippen LogP contribution in [0.4, 0.5) is 0 Å². The Morgan fingerprint density at radius 1 is 1.29 bits per heavy atom. The van der Waals surface area contributed by atoms with E-state index in [0.717, 1.165) is 30.2 Å². The quantitative estimate of drug-likeness (QED) is 0.676. The van der Waals surface area contributed by atoms with Crippen LogP contribution in [0.1, 0.15) is 18.9 Å². The van der Waals surface area contributed by atoms with Gasteiger partial charge in [0.2, 0.25) is 0 Å². The van der Waals surface area contributed by atoms with E-state index in [0.29, 0.717) is 13.0 Å². The van der Waals surface area contributed by atoms with Gasteiger partial charge in [0.1, 0.15) is 0 Å². The Kier molecular flexibility index (Phi) is 6.43. The fourth-order valence-electron chi connectivity index (χ4n) is 1.46. The molecule has 0 aromatic heterocycles. The molecule has 0 bridgehead atoms. The van der Waals surface area contributed by atoms with E-state index >= 15 is 0 Å². The van der Waals surface area contributed by atoms with E-state index in [4.69, 9.17) is 14.6 Å². The molecule has 0 aliphatic heterocycles. The predicted octanol–water partition coefficient (Wildman–Crippen LogP) is 1.57. The fourth-order valence-corrected chi connectivity index (χ4v) is 1.46. The van der Waals surface area contributed by atoms with E-state index in [-0.39, 0.29) is 6.61 Å². The Morgan fingerprint density at radius 3 is 2.76 bits per heavy atom. The first-order valence-corrected chi connectivity index (χ1v) is 5.93. The highest BCUT2D eigenvalue weighted by Gasteiger charge is 2.05. The van der Waals surface area contributed by atoms with E-state index in [2.05, 4.69) is 12.2 Å². The van der Waals surface area contributed by atoms with Crippen LogP contribution in [-0.2, 0) is 6.54 Å². The molecule has 0 aliphatic rings. The van der Waals surface area contributed by atoms with Crippen molar-refractivity contribution < 1.29 is 14.6 Å². The smallest absolute Gasteiger partial charge is 0.161 e. The summed E-state index contributed by atoms with van der Waals surface area (Å²) in [6.07, 6.45) is 0.626. The van der Waals surface area contributed by atoms with Gasteiger partial charge in [-0.05, 0) is 24.2 Å². The fraction of sp³-hybridized carbons (Fsp3) is 0.538. The molecule has 1 aromatic rings. The van der Waals surface area contributed by atoms with Gasteiger partial charge >= 0.3 is 0 Å². The van der Waals surface area contributed by atoms with Crippen molar-refractivity contribution in [3.63, 3.8) is 0 Å². The van der Waals surface area contributed by atoms with Gasteiger partial charge in [0, 0.05) is 19.6 Å². The van der Waals surface area contributed by atoms with Crippen LogP contribution < -0.4 is 14.8 Å². The van der Waals surface area contributed by atoms with Crippen LogP contribution >= 0.6 is 0 Å². The number of benzene rings is 1. The number of aliphatic hydroxyl groups excluding tert-OH is 1. The largest absolute Gasteiger partial charge is 0.493 e. The molecule has 0 heterocycles. The molecular weight excluding hydrogens is 218 g/mol. The normalized spacial score (nSPS) is 10.3. The first-order valence-electron chi connectivity index (χ1n) is 5.93. The molecule has 0 saturated carbocycles.